The second kappa shape index (κ2) is 9.54. The zero-order valence-electron chi connectivity index (χ0n) is 18.0. The van der Waals surface area contributed by atoms with E-state index in [2.05, 4.69) is 0 Å². The quantitative estimate of drug-likeness (QED) is 0.635. The zero-order valence-corrected chi connectivity index (χ0v) is 18.0. The molecular formula is C25H31NO4. The lowest BCUT2D eigenvalue weighted by Gasteiger charge is -2.26. The lowest BCUT2D eigenvalue weighted by atomic mass is 9.81. The van der Waals surface area contributed by atoms with E-state index in [4.69, 9.17) is 4.74 Å². The van der Waals surface area contributed by atoms with Crippen molar-refractivity contribution in [3.8, 4) is 0 Å². The van der Waals surface area contributed by atoms with Gasteiger partial charge >= 0.3 is 0 Å². The van der Waals surface area contributed by atoms with Gasteiger partial charge in [-0.1, -0.05) is 68.4 Å². The molecule has 2 aromatic rings. The van der Waals surface area contributed by atoms with Crippen LogP contribution in [0.5, 0.6) is 0 Å². The van der Waals surface area contributed by atoms with E-state index in [0.717, 1.165) is 16.7 Å². The minimum Gasteiger partial charge on any atom is -0.389 e. The number of aliphatic hydroxyl groups is 1. The first-order valence-corrected chi connectivity index (χ1v) is 10.7. The van der Waals surface area contributed by atoms with Gasteiger partial charge in [0.25, 0.3) is 0 Å². The molecule has 160 valence electrons. The summed E-state index contributed by atoms with van der Waals surface area (Å²) >= 11 is 0. The van der Waals surface area contributed by atoms with Gasteiger partial charge in [-0.05, 0) is 36.5 Å². The highest BCUT2D eigenvalue weighted by molar-refractivity contribution is 6.05. The van der Waals surface area contributed by atoms with Crippen LogP contribution in [0.15, 0.2) is 54.6 Å². The van der Waals surface area contributed by atoms with Crippen molar-refractivity contribution in [2.75, 3.05) is 13.2 Å². The van der Waals surface area contributed by atoms with Crippen LogP contribution in [0.1, 0.15) is 55.9 Å². The van der Waals surface area contributed by atoms with E-state index < -0.39 is 11.5 Å². The van der Waals surface area contributed by atoms with E-state index in [-0.39, 0.29) is 37.5 Å². The maximum Gasteiger partial charge on any atom is 0.235 e. The molecule has 1 fully saturated rings. The van der Waals surface area contributed by atoms with Crippen molar-refractivity contribution in [2.45, 2.75) is 52.2 Å². The first-order valence-electron chi connectivity index (χ1n) is 10.7. The average Bonchev–Trinajstić information content (AvgIpc) is 3.00. The first-order chi connectivity index (χ1) is 14.4. The van der Waals surface area contributed by atoms with Crippen molar-refractivity contribution in [1.82, 2.24) is 4.90 Å². The Balaban J connectivity index is 1.71. The van der Waals surface area contributed by atoms with E-state index in [1.807, 2.05) is 75.4 Å². The minimum atomic E-state index is -0.947. The van der Waals surface area contributed by atoms with Crippen molar-refractivity contribution in [3.63, 3.8) is 0 Å². The summed E-state index contributed by atoms with van der Waals surface area (Å²) < 4.78 is 6.14. The van der Waals surface area contributed by atoms with Gasteiger partial charge in [0, 0.05) is 6.42 Å². The predicted octanol–water partition coefficient (Wildman–Crippen LogP) is 4.03. The molecule has 2 amide bonds. The third kappa shape index (κ3) is 4.47. The van der Waals surface area contributed by atoms with E-state index in [1.54, 1.807) is 0 Å². The van der Waals surface area contributed by atoms with Gasteiger partial charge in [-0.15, -0.1) is 0 Å². The van der Waals surface area contributed by atoms with Crippen LogP contribution < -0.4 is 0 Å². The summed E-state index contributed by atoms with van der Waals surface area (Å²) in [6, 6.07) is 17.8. The molecule has 1 aliphatic heterocycles. The van der Waals surface area contributed by atoms with Crippen LogP contribution in [0.25, 0.3) is 0 Å². The van der Waals surface area contributed by atoms with Crippen LogP contribution in [-0.2, 0) is 14.3 Å². The fraction of sp³-hybridized carbons (Fsp3) is 0.440. The Labute approximate surface area is 178 Å². The molecule has 0 bridgehead atoms. The highest BCUT2D eigenvalue weighted by Gasteiger charge is 2.49. The molecule has 1 aliphatic rings. The van der Waals surface area contributed by atoms with Crippen LogP contribution in [0.4, 0.5) is 0 Å². The number of benzene rings is 2. The molecule has 2 aromatic carbocycles. The van der Waals surface area contributed by atoms with E-state index in [9.17, 15) is 14.7 Å². The highest BCUT2D eigenvalue weighted by atomic mass is 16.5. The number of carbonyl (C=O) groups excluding carboxylic acids is 2. The number of imide groups is 1. The van der Waals surface area contributed by atoms with Gasteiger partial charge in [0.1, 0.15) is 6.10 Å². The van der Waals surface area contributed by atoms with Crippen molar-refractivity contribution in [3.05, 3.63) is 71.3 Å². The molecule has 3 rings (SSSR count). The fourth-order valence-electron chi connectivity index (χ4n) is 4.19. The smallest absolute Gasteiger partial charge is 0.235 e. The van der Waals surface area contributed by atoms with Crippen LogP contribution in [-0.4, -0.2) is 41.1 Å². The first kappa shape index (κ1) is 22.2. The van der Waals surface area contributed by atoms with Gasteiger partial charge in [-0.3, -0.25) is 14.5 Å². The Morgan fingerprint density at radius 1 is 1.03 bits per heavy atom. The largest absolute Gasteiger partial charge is 0.389 e. The molecule has 2 unspecified atom stereocenters. The fourth-order valence-corrected chi connectivity index (χ4v) is 4.19. The summed E-state index contributed by atoms with van der Waals surface area (Å²) in [4.78, 5) is 26.5. The zero-order chi connectivity index (χ0) is 21.7. The standard InChI is InChI=1S/C25H31NO4/c1-4-25(5-2)15-22(28)26(24(25)29)16-20(27)17-30-23(19-12-7-6-8-13-19)21-14-10-9-11-18(21)3/h6-14,20,23,27H,4-5,15-17H2,1-3H3. The number of β-amino-alcohol motifs (C(OH)–C–C–N with tert-alkyl or cyclic N) is 1. The van der Waals surface area contributed by atoms with Crippen molar-refractivity contribution in [2.24, 2.45) is 5.41 Å². The third-order valence-corrected chi connectivity index (χ3v) is 6.26. The number of hydrogen-bond donors (Lipinski definition) is 1. The number of carbonyl (C=O) groups is 2. The summed E-state index contributed by atoms with van der Waals surface area (Å²) in [6.45, 7) is 5.89. The van der Waals surface area contributed by atoms with Crippen LogP contribution in [0.2, 0.25) is 0 Å². The van der Waals surface area contributed by atoms with Crippen molar-refractivity contribution in [1.29, 1.82) is 0 Å². The number of aliphatic hydroxyl groups excluding tert-OH is 1. The normalized spacial score (nSPS) is 17.9. The average molecular weight is 410 g/mol. The van der Waals surface area contributed by atoms with Gasteiger partial charge in [0.15, 0.2) is 0 Å². The van der Waals surface area contributed by atoms with Gasteiger partial charge in [-0.25, -0.2) is 0 Å². The Morgan fingerprint density at radius 3 is 2.27 bits per heavy atom. The van der Waals surface area contributed by atoms with Gasteiger partial charge in [-0.2, -0.15) is 0 Å². The number of aryl methyl sites for hydroxylation is 1. The number of ether oxygens (including phenoxy) is 1. The van der Waals surface area contributed by atoms with Crippen molar-refractivity contribution >= 4 is 11.8 Å². The second-order valence-electron chi connectivity index (χ2n) is 8.11. The number of amides is 2. The Bertz CT molecular complexity index is 876. The second-order valence-corrected chi connectivity index (χ2v) is 8.11. The molecule has 0 spiro atoms. The van der Waals surface area contributed by atoms with Gasteiger partial charge in [0.2, 0.25) is 11.8 Å². The van der Waals surface area contributed by atoms with Gasteiger partial charge < -0.3 is 9.84 Å². The van der Waals surface area contributed by atoms with Crippen LogP contribution in [0, 0.1) is 12.3 Å². The monoisotopic (exact) mass is 409 g/mol. The van der Waals surface area contributed by atoms with Gasteiger partial charge in [0.05, 0.1) is 24.7 Å². The molecule has 0 aromatic heterocycles. The molecule has 5 nitrogen and oxygen atoms in total. The number of rotatable bonds is 9. The van der Waals surface area contributed by atoms with E-state index in [0.29, 0.717) is 12.8 Å². The summed E-state index contributed by atoms with van der Waals surface area (Å²) in [5, 5.41) is 10.6. The van der Waals surface area contributed by atoms with Crippen molar-refractivity contribution < 1.29 is 19.4 Å². The minimum absolute atomic E-state index is 0.0240. The molecule has 0 saturated carbocycles. The number of likely N-dealkylation sites (tertiary alicyclic amines) is 1. The van der Waals surface area contributed by atoms with E-state index in [1.165, 1.54) is 4.90 Å². The summed E-state index contributed by atoms with van der Waals surface area (Å²) in [5.74, 6) is -0.378. The summed E-state index contributed by atoms with van der Waals surface area (Å²) in [5.41, 5.74) is 2.50. The molecule has 30 heavy (non-hydrogen) atoms. The lowest BCUT2D eigenvalue weighted by molar-refractivity contribution is -0.144. The maximum absolute atomic E-state index is 12.8. The van der Waals surface area contributed by atoms with Crippen LogP contribution in [0.3, 0.4) is 0 Å². The maximum atomic E-state index is 12.8. The lowest BCUT2D eigenvalue weighted by Crippen LogP contribution is -2.41. The Kier molecular flexibility index (Phi) is 7.06. The summed E-state index contributed by atoms with van der Waals surface area (Å²) in [6.07, 6.45) is 0.193. The Hall–Kier alpha value is -2.50. The van der Waals surface area contributed by atoms with E-state index >= 15 is 0 Å². The topological polar surface area (TPSA) is 66.8 Å². The third-order valence-electron chi connectivity index (χ3n) is 6.26. The molecule has 2 atom stereocenters. The highest BCUT2D eigenvalue weighted by Crippen LogP contribution is 2.39. The molecule has 0 aliphatic carbocycles. The summed E-state index contributed by atoms with van der Waals surface area (Å²) in [7, 11) is 0. The Morgan fingerprint density at radius 2 is 1.67 bits per heavy atom. The number of hydrogen-bond acceptors (Lipinski definition) is 4. The predicted molar refractivity (Wildman–Crippen MR) is 116 cm³/mol. The molecule has 5 heteroatoms. The molecule has 1 heterocycles. The number of nitrogens with zero attached hydrogens (tertiary/aromatic N) is 1. The molecular weight excluding hydrogens is 378 g/mol. The molecule has 1 saturated heterocycles. The SMILES string of the molecule is CCC1(CC)CC(=O)N(CC(O)COC(c2ccccc2)c2ccccc2C)C1=O. The van der Waals surface area contributed by atoms with Crippen LogP contribution >= 0.6 is 0 Å². The molecule has 0 radical (unpaired) electrons. The molecule has 1 N–H and O–H groups in total.